The molecule has 2 nitrogen and oxygen atoms in total. The fourth-order valence-corrected chi connectivity index (χ4v) is 12.4. The summed E-state index contributed by atoms with van der Waals surface area (Å²) in [5, 5.41) is 4.99. The number of para-hydroxylation sites is 2. The van der Waals surface area contributed by atoms with Gasteiger partial charge in [-0.2, -0.15) is 0 Å². The molecule has 3 heterocycles. The molecule has 11 aromatic carbocycles. The van der Waals surface area contributed by atoms with Crippen molar-refractivity contribution in [2.75, 3.05) is 0 Å². The first-order chi connectivity index (χ1) is 34.2. The second-order valence-electron chi connectivity index (χ2n) is 18.8. The SMILES string of the molecule is c1ccc(-c2ccc3c(c2)-c2ccccc2-c2cc(-c4ccc5c(c4)c4ccccc4n5-c4ccc5c(c4)C(c4ccccc4)(c4ccccc4)c4ccccc4-5)cc4c5ccccc5n-3c24)cc1. The van der Waals surface area contributed by atoms with E-state index in [0.717, 1.165) is 5.69 Å². The molecular weight excluding hydrogens is 833 g/mol. The summed E-state index contributed by atoms with van der Waals surface area (Å²) >= 11 is 0. The number of hydrogen-bond acceptors (Lipinski definition) is 0. The first-order valence-electron chi connectivity index (χ1n) is 24.0. The summed E-state index contributed by atoms with van der Waals surface area (Å²) in [5.41, 5.74) is 24.2. The zero-order valence-electron chi connectivity index (χ0n) is 37.6. The highest BCUT2D eigenvalue weighted by atomic mass is 15.0. The van der Waals surface area contributed by atoms with Gasteiger partial charge in [-0.3, -0.25) is 0 Å². The first kappa shape index (κ1) is 38.2. The van der Waals surface area contributed by atoms with E-state index in [1.54, 1.807) is 0 Å². The molecule has 1 aliphatic heterocycles. The predicted molar refractivity (Wildman–Crippen MR) is 288 cm³/mol. The summed E-state index contributed by atoms with van der Waals surface area (Å²) < 4.78 is 5.00. The van der Waals surface area contributed by atoms with E-state index in [9.17, 15) is 0 Å². The number of aromatic nitrogens is 2. The Kier molecular flexibility index (Phi) is 8.02. The van der Waals surface area contributed by atoms with Crippen LogP contribution in [0.2, 0.25) is 0 Å². The summed E-state index contributed by atoms with van der Waals surface area (Å²) in [5.74, 6) is 0. The standard InChI is InChI=1S/C67H42N2/c1-4-18-43(19-5-1)44-32-37-65-56(38-44)50-24-10-11-25-51(50)58-40-46(41-59-55-28-14-17-31-63(55)69(65)66(58)59)45-33-36-64-57(39-45)54-27-13-16-30-62(54)68(64)49-34-35-53-52-26-12-15-29-60(52)67(61(53)42-49,47-20-6-2-7-21-47)48-22-8-3-9-23-48/h1-42H. The van der Waals surface area contributed by atoms with E-state index < -0.39 is 5.41 Å². The van der Waals surface area contributed by atoms with Crippen molar-refractivity contribution < 1.29 is 0 Å². The second kappa shape index (κ2) is 14.5. The zero-order valence-corrected chi connectivity index (χ0v) is 37.6. The van der Waals surface area contributed by atoms with E-state index in [0.29, 0.717) is 0 Å². The van der Waals surface area contributed by atoms with Crippen molar-refractivity contribution in [3.05, 3.63) is 277 Å². The van der Waals surface area contributed by atoms with Crippen LogP contribution in [0.15, 0.2) is 255 Å². The van der Waals surface area contributed by atoms with Crippen molar-refractivity contribution in [3.8, 4) is 67.0 Å². The molecule has 2 aromatic heterocycles. The maximum Gasteiger partial charge on any atom is 0.0714 e. The van der Waals surface area contributed by atoms with Crippen LogP contribution < -0.4 is 0 Å². The van der Waals surface area contributed by atoms with Crippen LogP contribution in [-0.4, -0.2) is 9.13 Å². The Bertz CT molecular complexity index is 4190. The van der Waals surface area contributed by atoms with Gasteiger partial charge < -0.3 is 9.13 Å². The quantitative estimate of drug-likeness (QED) is 0.163. The lowest BCUT2D eigenvalue weighted by Gasteiger charge is -2.34. The summed E-state index contributed by atoms with van der Waals surface area (Å²) in [6.45, 7) is 0. The fourth-order valence-electron chi connectivity index (χ4n) is 12.4. The summed E-state index contributed by atoms with van der Waals surface area (Å²) in [4.78, 5) is 0. The van der Waals surface area contributed by atoms with Crippen LogP contribution in [0, 0.1) is 0 Å². The fraction of sp³-hybridized carbons (Fsp3) is 0.0149. The minimum absolute atomic E-state index is 0.485. The van der Waals surface area contributed by atoms with Crippen molar-refractivity contribution in [2.45, 2.75) is 5.41 Å². The summed E-state index contributed by atoms with van der Waals surface area (Å²) in [6, 6.07) is 95.0. The van der Waals surface area contributed by atoms with E-state index in [-0.39, 0.29) is 0 Å². The molecule has 2 heteroatoms. The first-order valence-corrected chi connectivity index (χ1v) is 24.0. The summed E-state index contributed by atoms with van der Waals surface area (Å²) in [6.07, 6.45) is 0. The van der Waals surface area contributed by atoms with E-state index in [2.05, 4.69) is 264 Å². The van der Waals surface area contributed by atoms with Crippen LogP contribution in [0.3, 0.4) is 0 Å². The van der Waals surface area contributed by atoms with Gasteiger partial charge in [0.1, 0.15) is 0 Å². The van der Waals surface area contributed by atoms with Crippen LogP contribution in [0.25, 0.3) is 111 Å². The number of rotatable bonds is 5. The Morgan fingerprint density at radius 3 is 1.52 bits per heavy atom. The highest BCUT2D eigenvalue weighted by Crippen LogP contribution is 2.57. The highest BCUT2D eigenvalue weighted by Gasteiger charge is 2.46. The van der Waals surface area contributed by atoms with E-state index in [1.807, 2.05) is 0 Å². The Morgan fingerprint density at radius 1 is 0.261 bits per heavy atom. The van der Waals surface area contributed by atoms with Gasteiger partial charge in [-0.15, -0.1) is 0 Å². The molecule has 0 atom stereocenters. The van der Waals surface area contributed by atoms with Crippen LogP contribution in [0.5, 0.6) is 0 Å². The molecule has 0 amide bonds. The maximum absolute atomic E-state index is 2.52. The van der Waals surface area contributed by atoms with Gasteiger partial charge in [0.15, 0.2) is 0 Å². The second-order valence-corrected chi connectivity index (χ2v) is 18.8. The third-order valence-electron chi connectivity index (χ3n) is 15.3. The number of hydrogen-bond donors (Lipinski definition) is 0. The molecule has 2 aliphatic rings. The Hall–Kier alpha value is -8.98. The van der Waals surface area contributed by atoms with E-state index in [1.165, 1.54) is 127 Å². The third kappa shape index (κ3) is 5.31. The molecule has 0 spiro atoms. The molecule has 13 aromatic rings. The monoisotopic (exact) mass is 874 g/mol. The van der Waals surface area contributed by atoms with Gasteiger partial charge in [0.25, 0.3) is 0 Å². The molecule has 15 rings (SSSR count). The lowest BCUT2D eigenvalue weighted by molar-refractivity contribution is 0.767. The van der Waals surface area contributed by atoms with E-state index >= 15 is 0 Å². The molecule has 0 bridgehead atoms. The van der Waals surface area contributed by atoms with E-state index in [4.69, 9.17) is 0 Å². The normalized spacial score (nSPS) is 13.0. The van der Waals surface area contributed by atoms with Crippen molar-refractivity contribution >= 4 is 43.6 Å². The average molecular weight is 875 g/mol. The largest absolute Gasteiger partial charge is 0.309 e. The van der Waals surface area contributed by atoms with Crippen molar-refractivity contribution in [1.82, 2.24) is 9.13 Å². The molecule has 0 radical (unpaired) electrons. The molecule has 1 aliphatic carbocycles. The minimum Gasteiger partial charge on any atom is -0.309 e. The Labute approximate surface area is 400 Å². The topological polar surface area (TPSA) is 9.86 Å². The Balaban J connectivity index is 0.945. The van der Waals surface area contributed by atoms with Gasteiger partial charge >= 0.3 is 0 Å². The highest BCUT2D eigenvalue weighted by molar-refractivity contribution is 6.18. The van der Waals surface area contributed by atoms with Crippen LogP contribution in [0.4, 0.5) is 0 Å². The molecule has 0 unspecified atom stereocenters. The molecule has 0 N–H and O–H groups in total. The minimum atomic E-state index is -0.485. The van der Waals surface area contributed by atoms with Gasteiger partial charge in [-0.1, -0.05) is 194 Å². The van der Waals surface area contributed by atoms with Gasteiger partial charge in [-0.25, -0.2) is 0 Å². The molecular formula is C67H42N2. The smallest absolute Gasteiger partial charge is 0.0714 e. The average Bonchev–Trinajstić information content (AvgIpc) is 4.02. The summed E-state index contributed by atoms with van der Waals surface area (Å²) in [7, 11) is 0. The molecule has 320 valence electrons. The van der Waals surface area contributed by atoms with Crippen molar-refractivity contribution in [2.24, 2.45) is 0 Å². The van der Waals surface area contributed by atoms with Crippen LogP contribution in [0.1, 0.15) is 22.3 Å². The Morgan fingerprint density at radius 2 is 0.783 bits per heavy atom. The lowest BCUT2D eigenvalue weighted by Crippen LogP contribution is -2.28. The van der Waals surface area contributed by atoms with Crippen molar-refractivity contribution in [3.63, 3.8) is 0 Å². The van der Waals surface area contributed by atoms with Gasteiger partial charge in [0.05, 0.1) is 33.2 Å². The van der Waals surface area contributed by atoms with Crippen LogP contribution in [-0.2, 0) is 5.41 Å². The number of fused-ring (bicyclic) bond motifs is 14. The zero-order chi connectivity index (χ0) is 45.2. The lowest BCUT2D eigenvalue weighted by atomic mass is 9.67. The van der Waals surface area contributed by atoms with Gasteiger partial charge in [0.2, 0.25) is 0 Å². The molecule has 0 fully saturated rings. The third-order valence-corrected chi connectivity index (χ3v) is 15.3. The molecule has 0 saturated carbocycles. The maximum atomic E-state index is 2.52. The molecule has 0 saturated heterocycles. The van der Waals surface area contributed by atoms with Gasteiger partial charge in [0, 0.05) is 38.4 Å². The number of nitrogens with zero attached hydrogens (tertiary/aromatic N) is 2. The number of benzene rings is 11. The molecule has 69 heavy (non-hydrogen) atoms. The predicted octanol–water partition coefficient (Wildman–Crippen LogP) is 17.2. The van der Waals surface area contributed by atoms with Crippen LogP contribution >= 0.6 is 0 Å². The van der Waals surface area contributed by atoms with Gasteiger partial charge in [-0.05, 0) is 127 Å². The van der Waals surface area contributed by atoms with Crippen molar-refractivity contribution in [1.29, 1.82) is 0 Å².